The standard InChI is InChI=1S/C14H22N2O3S/c1-10(2)16(14(17)11(3)20(4,18)19)9-12-6-5-7-13(15)8-12/h5-8,10-11H,9,15H2,1-4H3. The Labute approximate surface area is 120 Å². The van der Waals surface area contributed by atoms with Gasteiger partial charge in [-0.15, -0.1) is 0 Å². The molecule has 0 fully saturated rings. The van der Waals surface area contributed by atoms with Gasteiger partial charge in [-0.05, 0) is 38.5 Å². The lowest BCUT2D eigenvalue weighted by Crippen LogP contribution is -2.44. The van der Waals surface area contributed by atoms with Gasteiger partial charge in [0.25, 0.3) is 0 Å². The van der Waals surface area contributed by atoms with Gasteiger partial charge in [-0.25, -0.2) is 8.42 Å². The molecule has 0 aromatic heterocycles. The molecular weight excluding hydrogens is 276 g/mol. The van der Waals surface area contributed by atoms with Gasteiger partial charge >= 0.3 is 0 Å². The van der Waals surface area contributed by atoms with Crippen LogP contribution < -0.4 is 5.73 Å². The molecule has 0 spiro atoms. The number of amides is 1. The zero-order chi connectivity index (χ0) is 15.5. The zero-order valence-electron chi connectivity index (χ0n) is 12.3. The van der Waals surface area contributed by atoms with Crippen LogP contribution in [0.2, 0.25) is 0 Å². The topological polar surface area (TPSA) is 80.5 Å². The second kappa shape index (κ2) is 6.26. The summed E-state index contributed by atoms with van der Waals surface area (Å²) >= 11 is 0. The van der Waals surface area contributed by atoms with Crippen LogP contribution in [0.15, 0.2) is 24.3 Å². The van der Waals surface area contributed by atoms with E-state index in [4.69, 9.17) is 5.73 Å². The Bertz CT molecular complexity index is 582. The SMILES string of the molecule is CC(C)N(Cc1cccc(N)c1)C(=O)C(C)S(C)(=O)=O. The van der Waals surface area contributed by atoms with E-state index in [1.165, 1.54) is 6.92 Å². The first-order valence-corrected chi connectivity index (χ1v) is 8.42. The summed E-state index contributed by atoms with van der Waals surface area (Å²) in [6.07, 6.45) is 1.08. The maximum atomic E-state index is 12.3. The van der Waals surface area contributed by atoms with Crippen LogP contribution in [0.4, 0.5) is 5.69 Å². The molecule has 0 heterocycles. The van der Waals surface area contributed by atoms with Gasteiger partial charge in [-0.1, -0.05) is 12.1 Å². The molecule has 1 atom stereocenters. The van der Waals surface area contributed by atoms with Crippen molar-refractivity contribution in [1.82, 2.24) is 4.90 Å². The quantitative estimate of drug-likeness (QED) is 0.834. The van der Waals surface area contributed by atoms with Crippen molar-refractivity contribution in [1.29, 1.82) is 0 Å². The summed E-state index contributed by atoms with van der Waals surface area (Å²) < 4.78 is 23.1. The number of anilines is 1. The van der Waals surface area contributed by atoms with Crippen molar-refractivity contribution in [2.45, 2.75) is 38.6 Å². The van der Waals surface area contributed by atoms with Crippen LogP contribution in [-0.2, 0) is 21.2 Å². The summed E-state index contributed by atoms with van der Waals surface area (Å²) in [4.78, 5) is 13.9. The molecule has 2 N–H and O–H groups in total. The van der Waals surface area contributed by atoms with Crippen molar-refractivity contribution >= 4 is 21.4 Å². The lowest BCUT2D eigenvalue weighted by molar-refractivity contribution is -0.132. The molecule has 0 saturated heterocycles. The highest BCUT2D eigenvalue weighted by Gasteiger charge is 2.29. The number of carbonyl (C=O) groups is 1. The number of sulfone groups is 1. The van der Waals surface area contributed by atoms with Gasteiger partial charge in [0, 0.05) is 24.5 Å². The van der Waals surface area contributed by atoms with Gasteiger partial charge in [0.15, 0.2) is 9.84 Å². The molecule has 1 aromatic rings. The summed E-state index contributed by atoms with van der Waals surface area (Å²) in [6.45, 7) is 5.49. The average molecular weight is 298 g/mol. The third kappa shape index (κ3) is 4.23. The first-order valence-electron chi connectivity index (χ1n) is 6.46. The molecule has 0 saturated carbocycles. The molecule has 20 heavy (non-hydrogen) atoms. The third-order valence-electron chi connectivity index (χ3n) is 3.20. The van der Waals surface area contributed by atoms with Gasteiger partial charge in [0.05, 0.1) is 0 Å². The second-order valence-corrected chi connectivity index (χ2v) is 7.64. The molecule has 0 aliphatic heterocycles. The third-order valence-corrected chi connectivity index (χ3v) is 4.69. The molecule has 0 radical (unpaired) electrons. The lowest BCUT2D eigenvalue weighted by atomic mass is 10.1. The van der Waals surface area contributed by atoms with E-state index in [1.54, 1.807) is 17.0 Å². The zero-order valence-corrected chi connectivity index (χ0v) is 13.1. The maximum Gasteiger partial charge on any atom is 0.241 e. The highest BCUT2D eigenvalue weighted by atomic mass is 32.2. The summed E-state index contributed by atoms with van der Waals surface area (Å²) in [7, 11) is -3.40. The monoisotopic (exact) mass is 298 g/mol. The van der Waals surface area contributed by atoms with Crippen LogP contribution in [0.25, 0.3) is 0 Å². The van der Waals surface area contributed by atoms with Gasteiger partial charge in [0.2, 0.25) is 5.91 Å². The molecule has 1 rings (SSSR count). The second-order valence-electron chi connectivity index (χ2n) is 5.28. The van der Waals surface area contributed by atoms with E-state index in [2.05, 4.69) is 0 Å². The molecule has 0 aliphatic carbocycles. The van der Waals surface area contributed by atoms with E-state index in [1.807, 2.05) is 26.0 Å². The fourth-order valence-corrected chi connectivity index (χ4v) is 2.32. The number of nitrogens with two attached hydrogens (primary N) is 1. The van der Waals surface area contributed by atoms with Crippen LogP contribution in [0.5, 0.6) is 0 Å². The highest BCUT2D eigenvalue weighted by molar-refractivity contribution is 7.92. The minimum atomic E-state index is -3.40. The van der Waals surface area contributed by atoms with Crippen LogP contribution in [0.3, 0.4) is 0 Å². The van der Waals surface area contributed by atoms with Crippen molar-refractivity contribution in [3.05, 3.63) is 29.8 Å². The fourth-order valence-electron chi connectivity index (χ4n) is 1.82. The molecule has 0 bridgehead atoms. The Morgan fingerprint density at radius 3 is 2.35 bits per heavy atom. The van der Waals surface area contributed by atoms with E-state index in [0.717, 1.165) is 11.8 Å². The molecule has 1 amide bonds. The van der Waals surface area contributed by atoms with Crippen LogP contribution in [0.1, 0.15) is 26.3 Å². The predicted molar refractivity (Wildman–Crippen MR) is 80.8 cm³/mol. The summed E-state index contributed by atoms with van der Waals surface area (Å²) in [6, 6.07) is 7.14. The van der Waals surface area contributed by atoms with Crippen molar-refractivity contribution in [2.75, 3.05) is 12.0 Å². The van der Waals surface area contributed by atoms with E-state index >= 15 is 0 Å². The van der Waals surface area contributed by atoms with Gasteiger partial charge in [-0.2, -0.15) is 0 Å². The smallest absolute Gasteiger partial charge is 0.241 e. The molecular formula is C14H22N2O3S. The minimum absolute atomic E-state index is 0.0897. The largest absolute Gasteiger partial charge is 0.399 e. The maximum absolute atomic E-state index is 12.3. The molecule has 1 aromatic carbocycles. The predicted octanol–water partition coefficient (Wildman–Crippen LogP) is 1.44. The first kappa shape index (κ1) is 16.5. The lowest BCUT2D eigenvalue weighted by Gasteiger charge is -2.29. The molecule has 5 nitrogen and oxygen atoms in total. The Hall–Kier alpha value is -1.56. The van der Waals surface area contributed by atoms with Gasteiger partial charge in [0.1, 0.15) is 5.25 Å². The number of rotatable bonds is 5. The summed E-state index contributed by atoms with van der Waals surface area (Å²) in [5.41, 5.74) is 7.22. The van der Waals surface area contributed by atoms with E-state index < -0.39 is 15.1 Å². The molecule has 1 unspecified atom stereocenters. The van der Waals surface area contributed by atoms with E-state index in [9.17, 15) is 13.2 Å². The van der Waals surface area contributed by atoms with Gasteiger partial charge < -0.3 is 10.6 Å². The molecule has 6 heteroatoms. The van der Waals surface area contributed by atoms with Crippen molar-refractivity contribution < 1.29 is 13.2 Å². The van der Waals surface area contributed by atoms with Crippen molar-refractivity contribution in [2.24, 2.45) is 0 Å². The fraction of sp³-hybridized carbons (Fsp3) is 0.500. The first-order chi connectivity index (χ1) is 9.12. The van der Waals surface area contributed by atoms with Crippen LogP contribution in [-0.4, -0.2) is 36.8 Å². The van der Waals surface area contributed by atoms with Crippen LogP contribution in [0, 0.1) is 0 Å². The van der Waals surface area contributed by atoms with E-state index in [0.29, 0.717) is 12.2 Å². The number of nitrogen functional groups attached to an aromatic ring is 1. The number of nitrogens with zero attached hydrogens (tertiary/aromatic N) is 1. The number of benzene rings is 1. The Morgan fingerprint density at radius 1 is 1.30 bits per heavy atom. The van der Waals surface area contributed by atoms with E-state index in [-0.39, 0.29) is 11.9 Å². The van der Waals surface area contributed by atoms with Gasteiger partial charge in [-0.3, -0.25) is 4.79 Å². The van der Waals surface area contributed by atoms with Crippen molar-refractivity contribution in [3.8, 4) is 0 Å². The highest BCUT2D eigenvalue weighted by Crippen LogP contribution is 2.15. The normalized spacial score (nSPS) is 13.2. The number of hydrogen-bond donors (Lipinski definition) is 1. The Balaban J connectivity index is 2.98. The average Bonchev–Trinajstić information content (AvgIpc) is 2.33. The molecule has 112 valence electrons. The Morgan fingerprint density at radius 2 is 1.90 bits per heavy atom. The van der Waals surface area contributed by atoms with Crippen molar-refractivity contribution in [3.63, 3.8) is 0 Å². The Kier molecular flexibility index (Phi) is 5.16. The van der Waals surface area contributed by atoms with Crippen LogP contribution >= 0.6 is 0 Å². The summed E-state index contributed by atoms with van der Waals surface area (Å²) in [5.74, 6) is -0.384. The summed E-state index contributed by atoms with van der Waals surface area (Å²) in [5, 5.41) is -1.04. The molecule has 0 aliphatic rings. The number of hydrogen-bond acceptors (Lipinski definition) is 4. The minimum Gasteiger partial charge on any atom is -0.399 e. The number of carbonyl (C=O) groups excluding carboxylic acids is 1.